The minimum absolute atomic E-state index is 0.199. The van der Waals surface area contributed by atoms with Crippen molar-refractivity contribution in [1.29, 1.82) is 0 Å². The number of ether oxygens (including phenoxy) is 2. The van der Waals surface area contributed by atoms with Crippen LogP contribution in [0.15, 0.2) is 35.7 Å². The molecule has 0 radical (unpaired) electrons. The highest BCUT2D eigenvalue weighted by atomic mass is 32.1. The highest BCUT2D eigenvalue weighted by Gasteiger charge is 2.16. The Balaban J connectivity index is 2.34. The fourth-order valence-electron chi connectivity index (χ4n) is 2.29. The molecule has 0 fully saturated rings. The fraction of sp³-hybridized carbons (Fsp3) is 0.412. The third-order valence-electron chi connectivity index (χ3n) is 3.14. The van der Waals surface area contributed by atoms with Crippen LogP contribution in [0.2, 0.25) is 0 Å². The lowest BCUT2D eigenvalue weighted by molar-refractivity contribution is 0.287. The van der Waals surface area contributed by atoms with Crippen molar-refractivity contribution in [2.45, 2.75) is 26.8 Å². The van der Waals surface area contributed by atoms with E-state index in [0.29, 0.717) is 13.2 Å². The van der Waals surface area contributed by atoms with E-state index in [4.69, 9.17) is 9.47 Å². The molecule has 1 unspecified atom stereocenters. The van der Waals surface area contributed by atoms with E-state index in [1.54, 1.807) is 11.3 Å². The quantitative estimate of drug-likeness (QED) is 0.791. The Morgan fingerprint density at radius 3 is 2.43 bits per heavy atom. The van der Waals surface area contributed by atoms with Gasteiger partial charge in [-0.3, -0.25) is 0 Å². The first-order valence-corrected chi connectivity index (χ1v) is 8.34. The largest absolute Gasteiger partial charge is 0.490 e. The minimum atomic E-state index is 0.199. The summed E-state index contributed by atoms with van der Waals surface area (Å²) in [5.74, 6) is 1.63. The van der Waals surface area contributed by atoms with Crippen molar-refractivity contribution in [3.05, 3.63) is 46.2 Å². The summed E-state index contributed by atoms with van der Waals surface area (Å²) in [6, 6.07) is 10.6. The fourth-order valence-corrected chi connectivity index (χ4v) is 3.12. The molecule has 0 bridgehead atoms. The average molecular weight is 305 g/mol. The van der Waals surface area contributed by atoms with Crippen LogP contribution in [-0.4, -0.2) is 19.8 Å². The zero-order chi connectivity index (χ0) is 15.1. The monoisotopic (exact) mass is 305 g/mol. The standard InChI is InChI=1S/C17H23NO2S/c1-4-18-17(16-8-7-11-21-16)13-9-10-14(19-5-2)15(12-13)20-6-3/h7-12,17-18H,4-6H2,1-3H3. The van der Waals surface area contributed by atoms with Crippen LogP contribution >= 0.6 is 11.3 Å². The molecule has 114 valence electrons. The van der Waals surface area contributed by atoms with Gasteiger partial charge in [-0.05, 0) is 49.5 Å². The van der Waals surface area contributed by atoms with E-state index in [0.717, 1.165) is 18.0 Å². The number of nitrogens with one attached hydrogen (secondary N) is 1. The maximum absolute atomic E-state index is 5.73. The van der Waals surface area contributed by atoms with Gasteiger partial charge in [0, 0.05) is 4.88 Å². The van der Waals surface area contributed by atoms with E-state index in [1.807, 2.05) is 19.9 Å². The Morgan fingerprint density at radius 1 is 1.05 bits per heavy atom. The predicted molar refractivity (Wildman–Crippen MR) is 88.6 cm³/mol. The first-order valence-electron chi connectivity index (χ1n) is 7.46. The molecule has 1 atom stereocenters. The number of hydrogen-bond acceptors (Lipinski definition) is 4. The smallest absolute Gasteiger partial charge is 0.161 e. The first-order chi connectivity index (χ1) is 10.3. The SMILES string of the molecule is CCNC(c1ccc(OCC)c(OCC)c1)c1cccs1. The third kappa shape index (κ3) is 3.99. The summed E-state index contributed by atoms with van der Waals surface area (Å²) in [6.07, 6.45) is 0. The Bertz CT molecular complexity index is 540. The molecule has 2 aromatic rings. The predicted octanol–water partition coefficient (Wildman–Crippen LogP) is 4.24. The number of hydrogen-bond donors (Lipinski definition) is 1. The van der Waals surface area contributed by atoms with Gasteiger partial charge in [0.1, 0.15) is 0 Å². The molecule has 1 aromatic heterocycles. The van der Waals surface area contributed by atoms with Gasteiger partial charge < -0.3 is 14.8 Å². The van der Waals surface area contributed by atoms with Crippen LogP contribution in [0, 0.1) is 0 Å². The second-order valence-electron chi connectivity index (χ2n) is 4.58. The zero-order valence-corrected chi connectivity index (χ0v) is 13.7. The molecule has 2 rings (SSSR count). The van der Waals surface area contributed by atoms with Crippen LogP contribution < -0.4 is 14.8 Å². The Labute approximate surface area is 130 Å². The van der Waals surface area contributed by atoms with Crippen molar-refractivity contribution < 1.29 is 9.47 Å². The molecule has 1 heterocycles. The van der Waals surface area contributed by atoms with E-state index in [-0.39, 0.29) is 6.04 Å². The van der Waals surface area contributed by atoms with E-state index in [9.17, 15) is 0 Å². The summed E-state index contributed by atoms with van der Waals surface area (Å²) in [6.45, 7) is 8.29. The van der Waals surface area contributed by atoms with Crippen LogP contribution in [-0.2, 0) is 0 Å². The molecule has 0 aliphatic carbocycles. The molecule has 0 saturated heterocycles. The van der Waals surface area contributed by atoms with Gasteiger partial charge in [-0.2, -0.15) is 0 Å². The molecule has 0 amide bonds. The van der Waals surface area contributed by atoms with Gasteiger partial charge >= 0.3 is 0 Å². The van der Waals surface area contributed by atoms with Crippen molar-refractivity contribution in [3.8, 4) is 11.5 Å². The first kappa shape index (κ1) is 15.9. The number of benzene rings is 1. The van der Waals surface area contributed by atoms with Gasteiger partial charge in [-0.25, -0.2) is 0 Å². The topological polar surface area (TPSA) is 30.5 Å². The van der Waals surface area contributed by atoms with Crippen molar-refractivity contribution in [2.24, 2.45) is 0 Å². The summed E-state index contributed by atoms with van der Waals surface area (Å²) in [5.41, 5.74) is 1.20. The molecule has 0 saturated carbocycles. The average Bonchev–Trinajstić information content (AvgIpc) is 3.01. The molecule has 3 nitrogen and oxygen atoms in total. The Kier molecular flexibility index (Phi) is 6.08. The van der Waals surface area contributed by atoms with Crippen LogP contribution in [0.5, 0.6) is 11.5 Å². The Hall–Kier alpha value is -1.52. The summed E-state index contributed by atoms with van der Waals surface area (Å²) in [4.78, 5) is 1.31. The number of thiophene rings is 1. The summed E-state index contributed by atoms with van der Waals surface area (Å²) < 4.78 is 11.4. The lowest BCUT2D eigenvalue weighted by atomic mass is 10.0. The van der Waals surface area contributed by atoms with Crippen LogP contribution in [0.3, 0.4) is 0 Å². The van der Waals surface area contributed by atoms with Crippen molar-refractivity contribution >= 4 is 11.3 Å². The van der Waals surface area contributed by atoms with E-state index >= 15 is 0 Å². The van der Waals surface area contributed by atoms with Crippen LogP contribution in [0.25, 0.3) is 0 Å². The van der Waals surface area contributed by atoms with Crippen LogP contribution in [0.4, 0.5) is 0 Å². The van der Waals surface area contributed by atoms with Gasteiger partial charge in [0.15, 0.2) is 11.5 Å². The van der Waals surface area contributed by atoms with Gasteiger partial charge in [0.2, 0.25) is 0 Å². The van der Waals surface area contributed by atoms with Gasteiger partial charge in [-0.1, -0.05) is 19.1 Å². The summed E-state index contributed by atoms with van der Waals surface area (Å²) in [7, 11) is 0. The molecule has 1 N–H and O–H groups in total. The molecule has 21 heavy (non-hydrogen) atoms. The maximum Gasteiger partial charge on any atom is 0.161 e. The van der Waals surface area contributed by atoms with Crippen molar-refractivity contribution in [3.63, 3.8) is 0 Å². The second-order valence-corrected chi connectivity index (χ2v) is 5.56. The molecular weight excluding hydrogens is 282 g/mol. The van der Waals surface area contributed by atoms with E-state index in [1.165, 1.54) is 10.4 Å². The van der Waals surface area contributed by atoms with Gasteiger partial charge in [0.05, 0.1) is 19.3 Å². The van der Waals surface area contributed by atoms with E-state index in [2.05, 4.69) is 41.9 Å². The van der Waals surface area contributed by atoms with E-state index < -0.39 is 0 Å². The highest BCUT2D eigenvalue weighted by Crippen LogP contribution is 2.34. The van der Waals surface area contributed by atoms with Gasteiger partial charge in [0.25, 0.3) is 0 Å². The summed E-state index contributed by atoms with van der Waals surface area (Å²) >= 11 is 1.76. The van der Waals surface area contributed by atoms with Crippen LogP contribution in [0.1, 0.15) is 37.3 Å². The molecule has 1 aromatic carbocycles. The zero-order valence-electron chi connectivity index (χ0n) is 12.9. The highest BCUT2D eigenvalue weighted by molar-refractivity contribution is 7.10. The molecule has 0 spiro atoms. The third-order valence-corrected chi connectivity index (χ3v) is 4.07. The second kappa shape index (κ2) is 8.05. The molecule has 4 heteroatoms. The van der Waals surface area contributed by atoms with Gasteiger partial charge in [-0.15, -0.1) is 11.3 Å². The van der Waals surface area contributed by atoms with Crippen molar-refractivity contribution in [2.75, 3.05) is 19.8 Å². The molecule has 0 aliphatic heterocycles. The lowest BCUT2D eigenvalue weighted by Gasteiger charge is -2.19. The molecule has 0 aliphatic rings. The van der Waals surface area contributed by atoms with Crippen molar-refractivity contribution in [1.82, 2.24) is 5.32 Å². The maximum atomic E-state index is 5.73. The lowest BCUT2D eigenvalue weighted by Crippen LogP contribution is -2.21. The normalized spacial score (nSPS) is 12.1. The molecular formula is C17H23NO2S. The Morgan fingerprint density at radius 2 is 1.81 bits per heavy atom. The summed E-state index contributed by atoms with van der Waals surface area (Å²) in [5, 5.41) is 5.64. The number of rotatable bonds is 8. The minimum Gasteiger partial charge on any atom is -0.490 e.